The number of carbonyl (C=O) groups is 1. The average Bonchev–Trinajstić information content (AvgIpc) is 2.05. The van der Waals surface area contributed by atoms with Crippen LogP contribution in [-0.4, -0.2) is 33.0 Å². The van der Waals surface area contributed by atoms with Crippen LogP contribution in [0.4, 0.5) is 0 Å². The first-order valence-electron chi connectivity index (χ1n) is 3.44. The largest absolute Gasteiger partial charge is 0.466 e. The van der Waals surface area contributed by atoms with Crippen LogP contribution < -0.4 is 0 Å². The van der Waals surface area contributed by atoms with Gasteiger partial charge in [0.1, 0.15) is 6.16 Å². The summed E-state index contributed by atoms with van der Waals surface area (Å²) in [6.07, 6.45) is -0.339. The number of hydrogen-bond donors (Lipinski definition) is 0. The van der Waals surface area contributed by atoms with Crippen molar-refractivity contribution >= 4 is 13.6 Å². The van der Waals surface area contributed by atoms with Gasteiger partial charge in [-0.05, 0) is 6.92 Å². The van der Waals surface area contributed by atoms with E-state index in [4.69, 9.17) is 0 Å². The molecule has 0 aromatic rings. The zero-order valence-electron chi connectivity index (χ0n) is 7.40. The molecule has 0 aromatic carbocycles. The van der Waals surface area contributed by atoms with E-state index in [1.807, 2.05) is 0 Å². The number of ether oxygens (including phenoxy) is 1. The first kappa shape index (κ1) is 11.6. The second kappa shape index (κ2) is 5.30. The highest BCUT2D eigenvalue weighted by Gasteiger charge is 2.26. The van der Waals surface area contributed by atoms with E-state index < -0.39 is 13.6 Å². The zero-order valence-corrected chi connectivity index (χ0v) is 8.30. The second-order valence-electron chi connectivity index (χ2n) is 1.94. The monoisotopic (exact) mass is 196 g/mol. The van der Waals surface area contributed by atoms with Crippen LogP contribution in [0.15, 0.2) is 0 Å². The van der Waals surface area contributed by atoms with E-state index in [1.165, 1.54) is 14.2 Å². The summed E-state index contributed by atoms with van der Waals surface area (Å²) >= 11 is 0. The maximum Gasteiger partial charge on any atom is 0.341 e. The topological polar surface area (TPSA) is 61.8 Å². The van der Waals surface area contributed by atoms with Crippen LogP contribution in [0.5, 0.6) is 0 Å². The lowest BCUT2D eigenvalue weighted by atomic mass is 10.8. The minimum Gasteiger partial charge on any atom is -0.466 e. The Hall–Kier alpha value is -0.380. The Morgan fingerprint density at radius 1 is 1.33 bits per heavy atom. The summed E-state index contributed by atoms with van der Waals surface area (Å²) in [5.41, 5.74) is 0. The molecule has 0 amide bonds. The Bertz CT molecular complexity index is 182. The number of carbonyl (C=O) groups excluding carboxylic acids is 1. The molecule has 0 aliphatic rings. The molecule has 0 aliphatic carbocycles. The first-order chi connectivity index (χ1) is 5.58. The average molecular weight is 196 g/mol. The lowest BCUT2D eigenvalue weighted by molar-refractivity contribution is -0.140. The molecule has 0 spiro atoms. The van der Waals surface area contributed by atoms with Crippen LogP contribution in [0.1, 0.15) is 6.92 Å². The van der Waals surface area contributed by atoms with Crippen molar-refractivity contribution in [2.75, 3.05) is 27.0 Å². The Kier molecular flexibility index (Phi) is 5.13. The van der Waals surface area contributed by atoms with Gasteiger partial charge in [-0.2, -0.15) is 0 Å². The summed E-state index contributed by atoms with van der Waals surface area (Å²) in [6, 6.07) is 0. The summed E-state index contributed by atoms with van der Waals surface area (Å²) in [4.78, 5) is 10.8. The quantitative estimate of drug-likeness (QED) is 0.485. The predicted molar refractivity (Wildman–Crippen MR) is 43.1 cm³/mol. The maximum absolute atomic E-state index is 11.3. The van der Waals surface area contributed by atoms with Crippen molar-refractivity contribution in [2.24, 2.45) is 0 Å². The zero-order chi connectivity index (χ0) is 9.61. The minimum absolute atomic E-state index is 0.256. The van der Waals surface area contributed by atoms with Crippen molar-refractivity contribution in [3.05, 3.63) is 0 Å². The summed E-state index contributed by atoms with van der Waals surface area (Å²) in [7, 11) is -0.790. The lowest BCUT2D eigenvalue weighted by Gasteiger charge is -2.11. The van der Waals surface area contributed by atoms with Gasteiger partial charge in [-0.1, -0.05) is 0 Å². The van der Waals surface area contributed by atoms with Crippen LogP contribution in [0, 0.1) is 0 Å². The third-order valence-corrected chi connectivity index (χ3v) is 2.94. The minimum atomic E-state index is -3.24. The molecule has 0 rings (SSSR count). The molecule has 0 saturated carbocycles. The van der Waals surface area contributed by atoms with E-state index in [0.717, 1.165) is 0 Å². The van der Waals surface area contributed by atoms with E-state index in [9.17, 15) is 9.36 Å². The fourth-order valence-corrected chi connectivity index (χ4v) is 1.38. The van der Waals surface area contributed by atoms with E-state index in [2.05, 4.69) is 13.8 Å². The van der Waals surface area contributed by atoms with Crippen molar-refractivity contribution in [3.63, 3.8) is 0 Å². The van der Waals surface area contributed by atoms with Gasteiger partial charge in [-0.3, -0.25) is 9.36 Å². The van der Waals surface area contributed by atoms with Crippen LogP contribution in [0.25, 0.3) is 0 Å². The summed E-state index contributed by atoms with van der Waals surface area (Å²) < 4.78 is 24.9. The molecule has 0 saturated heterocycles. The van der Waals surface area contributed by atoms with Gasteiger partial charge in [-0.15, -0.1) is 0 Å². The van der Waals surface area contributed by atoms with Gasteiger partial charge in [0.15, 0.2) is 0 Å². The van der Waals surface area contributed by atoms with E-state index in [1.54, 1.807) is 6.92 Å². The van der Waals surface area contributed by atoms with E-state index in [0.29, 0.717) is 0 Å². The standard InChI is InChI=1S/C6H13O5P/c1-4-11-6(7)5-12(8,9-2)10-3/h4-5H2,1-3H3. The Morgan fingerprint density at radius 3 is 2.17 bits per heavy atom. The molecular formula is C6H13O5P. The molecule has 12 heavy (non-hydrogen) atoms. The van der Waals surface area contributed by atoms with Crippen LogP contribution >= 0.6 is 7.60 Å². The molecule has 0 fully saturated rings. The summed E-state index contributed by atoms with van der Waals surface area (Å²) in [5.74, 6) is -0.579. The fourth-order valence-electron chi connectivity index (χ4n) is 0.568. The van der Waals surface area contributed by atoms with Crippen molar-refractivity contribution in [2.45, 2.75) is 6.92 Å². The number of esters is 1. The second-order valence-corrected chi connectivity index (χ2v) is 4.21. The Morgan fingerprint density at radius 2 is 1.83 bits per heavy atom. The molecule has 6 heteroatoms. The molecule has 0 atom stereocenters. The van der Waals surface area contributed by atoms with E-state index >= 15 is 0 Å². The highest BCUT2D eigenvalue weighted by molar-refractivity contribution is 7.54. The first-order valence-corrected chi connectivity index (χ1v) is 5.17. The predicted octanol–water partition coefficient (Wildman–Crippen LogP) is 1.04. The maximum atomic E-state index is 11.3. The molecule has 72 valence electrons. The van der Waals surface area contributed by atoms with Crippen molar-refractivity contribution in [1.29, 1.82) is 0 Å². The molecule has 0 aliphatic heterocycles. The van der Waals surface area contributed by atoms with Crippen molar-refractivity contribution in [1.82, 2.24) is 0 Å². The summed E-state index contributed by atoms with van der Waals surface area (Å²) in [6.45, 7) is 1.93. The number of rotatable bonds is 5. The molecule has 0 bridgehead atoms. The molecule has 0 aromatic heterocycles. The van der Waals surface area contributed by atoms with Gasteiger partial charge in [0.25, 0.3) is 0 Å². The van der Waals surface area contributed by atoms with Gasteiger partial charge in [0, 0.05) is 14.2 Å². The van der Waals surface area contributed by atoms with E-state index in [-0.39, 0.29) is 12.8 Å². The molecule has 0 heterocycles. The Labute approximate surface area is 71.5 Å². The number of hydrogen-bond acceptors (Lipinski definition) is 5. The Balaban J connectivity index is 4.03. The van der Waals surface area contributed by atoms with Gasteiger partial charge in [0.2, 0.25) is 0 Å². The summed E-state index contributed by atoms with van der Waals surface area (Å²) in [5, 5.41) is 0. The van der Waals surface area contributed by atoms with Gasteiger partial charge < -0.3 is 13.8 Å². The van der Waals surface area contributed by atoms with Crippen LogP contribution in [0.2, 0.25) is 0 Å². The fraction of sp³-hybridized carbons (Fsp3) is 0.833. The molecule has 0 unspecified atom stereocenters. The van der Waals surface area contributed by atoms with Gasteiger partial charge in [-0.25, -0.2) is 0 Å². The third kappa shape index (κ3) is 3.85. The van der Waals surface area contributed by atoms with Crippen molar-refractivity contribution < 1.29 is 23.1 Å². The highest BCUT2D eigenvalue weighted by atomic mass is 31.2. The van der Waals surface area contributed by atoms with Gasteiger partial charge in [0.05, 0.1) is 6.61 Å². The van der Waals surface area contributed by atoms with Crippen LogP contribution in [0.3, 0.4) is 0 Å². The molecule has 5 nitrogen and oxygen atoms in total. The molecule has 0 radical (unpaired) electrons. The third-order valence-electron chi connectivity index (χ3n) is 1.18. The van der Waals surface area contributed by atoms with Gasteiger partial charge >= 0.3 is 13.6 Å². The highest BCUT2D eigenvalue weighted by Crippen LogP contribution is 2.45. The molecular weight excluding hydrogens is 183 g/mol. The smallest absolute Gasteiger partial charge is 0.341 e. The molecule has 0 N–H and O–H groups in total. The van der Waals surface area contributed by atoms with Crippen LogP contribution in [-0.2, 0) is 23.1 Å². The normalized spacial score (nSPS) is 11.2. The lowest BCUT2D eigenvalue weighted by Crippen LogP contribution is -2.11. The van der Waals surface area contributed by atoms with Crippen molar-refractivity contribution in [3.8, 4) is 0 Å². The SMILES string of the molecule is CCOC(=O)CP(=O)(OC)OC.